The predicted octanol–water partition coefficient (Wildman–Crippen LogP) is 1.71. The van der Waals surface area contributed by atoms with Gasteiger partial charge in [-0.25, -0.2) is 4.98 Å². The summed E-state index contributed by atoms with van der Waals surface area (Å²) in [5.74, 6) is 1.81. The van der Waals surface area contributed by atoms with Crippen molar-refractivity contribution in [3.63, 3.8) is 0 Å². The van der Waals surface area contributed by atoms with Crippen molar-refractivity contribution < 1.29 is 0 Å². The SMILES string of the molecule is CN=C(NCc1ccnc(N2CCN(C)CC2)c1)NCc1ccccn1.I. The normalized spacial score (nSPS) is 15.2. The third kappa shape index (κ3) is 6.62. The fraction of sp³-hybridized carbons (Fsp3) is 0.421. The van der Waals surface area contributed by atoms with E-state index < -0.39 is 0 Å². The van der Waals surface area contributed by atoms with Crippen molar-refractivity contribution in [2.45, 2.75) is 13.1 Å². The molecule has 2 aromatic rings. The maximum Gasteiger partial charge on any atom is 0.191 e. The monoisotopic (exact) mass is 481 g/mol. The van der Waals surface area contributed by atoms with Crippen molar-refractivity contribution in [3.05, 3.63) is 54.0 Å². The summed E-state index contributed by atoms with van der Waals surface area (Å²) in [6.07, 6.45) is 3.68. The van der Waals surface area contributed by atoms with Crippen molar-refractivity contribution in [2.24, 2.45) is 4.99 Å². The van der Waals surface area contributed by atoms with Crippen molar-refractivity contribution in [2.75, 3.05) is 45.2 Å². The average Bonchev–Trinajstić information content (AvgIpc) is 2.70. The summed E-state index contributed by atoms with van der Waals surface area (Å²) in [7, 11) is 3.94. The first-order valence-corrected chi connectivity index (χ1v) is 8.97. The van der Waals surface area contributed by atoms with Gasteiger partial charge in [0.25, 0.3) is 0 Å². The summed E-state index contributed by atoms with van der Waals surface area (Å²) >= 11 is 0. The standard InChI is InChI=1S/C19H27N7.HI/c1-20-19(24-15-17-5-3-4-7-21-17)23-14-16-6-8-22-18(13-16)26-11-9-25(2)10-12-26;/h3-8,13H,9-12,14-15H2,1-2H3,(H2,20,23,24);1H. The molecule has 2 aromatic heterocycles. The molecule has 7 nitrogen and oxygen atoms in total. The van der Waals surface area contributed by atoms with Gasteiger partial charge in [0.05, 0.1) is 12.2 Å². The molecule has 27 heavy (non-hydrogen) atoms. The Morgan fingerprint density at radius 3 is 2.52 bits per heavy atom. The number of piperazine rings is 1. The van der Waals surface area contributed by atoms with E-state index >= 15 is 0 Å². The number of hydrogen-bond acceptors (Lipinski definition) is 5. The Morgan fingerprint density at radius 2 is 1.81 bits per heavy atom. The van der Waals surface area contributed by atoms with E-state index in [2.05, 4.69) is 48.5 Å². The van der Waals surface area contributed by atoms with Crippen LogP contribution in [0.25, 0.3) is 0 Å². The Kier molecular flexibility index (Phi) is 8.73. The molecule has 0 aliphatic carbocycles. The number of aromatic nitrogens is 2. The van der Waals surface area contributed by atoms with Crippen LogP contribution in [0.4, 0.5) is 5.82 Å². The number of guanidine groups is 1. The first-order chi connectivity index (χ1) is 12.7. The van der Waals surface area contributed by atoms with Gasteiger partial charge in [0, 0.05) is 52.2 Å². The Labute approximate surface area is 178 Å². The highest BCUT2D eigenvalue weighted by atomic mass is 127. The van der Waals surface area contributed by atoms with Gasteiger partial charge >= 0.3 is 0 Å². The van der Waals surface area contributed by atoms with E-state index in [-0.39, 0.29) is 24.0 Å². The second kappa shape index (κ2) is 11.0. The van der Waals surface area contributed by atoms with Gasteiger partial charge in [-0.1, -0.05) is 6.07 Å². The van der Waals surface area contributed by atoms with Crippen LogP contribution in [-0.2, 0) is 13.1 Å². The Hall–Kier alpha value is -1.94. The van der Waals surface area contributed by atoms with Gasteiger partial charge in [-0.05, 0) is 36.9 Å². The number of rotatable bonds is 5. The fourth-order valence-corrected chi connectivity index (χ4v) is 2.86. The molecular formula is C19H28IN7. The third-order valence-corrected chi connectivity index (χ3v) is 4.48. The lowest BCUT2D eigenvalue weighted by atomic mass is 10.2. The van der Waals surface area contributed by atoms with E-state index in [4.69, 9.17) is 0 Å². The molecule has 146 valence electrons. The molecule has 3 heterocycles. The lowest BCUT2D eigenvalue weighted by molar-refractivity contribution is 0.312. The number of pyridine rings is 2. The number of anilines is 1. The van der Waals surface area contributed by atoms with Gasteiger partial charge in [0.2, 0.25) is 0 Å². The molecule has 1 aliphatic heterocycles. The minimum Gasteiger partial charge on any atom is -0.354 e. The molecule has 0 aromatic carbocycles. The minimum atomic E-state index is 0. The fourth-order valence-electron chi connectivity index (χ4n) is 2.86. The van der Waals surface area contributed by atoms with Crippen LogP contribution in [0.15, 0.2) is 47.7 Å². The summed E-state index contributed by atoms with van der Waals surface area (Å²) in [6.45, 7) is 5.54. The molecule has 8 heteroatoms. The molecule has 1 fully saturated rings. The molecule has 0 atom stereocenters. The first kappa shape index (κ1) is 21.4. The number of nitrogens with zero attached hydrogens (tertiary/aromatic N) is 5. The highest BCUT2D eigenvalue weighted by Gasteiger charge is 2.15. The van der Waals surface area contributed by atoms with Gasteiger partial charge < -0.3 is 20.4 Å². The van der Waals surface area contributed by atoms with Crippen molar-refractivity contribution >= 4 is 35.8 Å². The zero-order valence-electron chi connectivity index (χ0n) is 15.9. The third-order valence-electron chi connectivity index (χ3n) is 4.48. The van der Waals surface area contributed by atoms with Gasteiger partial charge in [-0.2, -0.15) is 0 Å². The van der Waals surface area contributed by atoms with Crippen LogP contribution in [0.3, 0.4) is 0 Å². The topological polar surface area (TPSA) is 68.7 Å². The van der Waals surface area contributed by atoms with Crippen molar-refractivity contribution in [1.29, 1.82) is 0 Å². The molecule has 1 aliphatic rings. The van der Waals surface area contributed by atoms with Gasteiger partial charge in [0.15, 0.2) is 5.96 Å². The Balaban J connectivity index is 0.00000261. The van der Waals surface area contributed by atoms with E-state index in [0.29, 0.717) is 13.1 Å². The summed E-state index contributed by atoms with van der Waals surface area (Å²) < 4.78 is 0. The lowest BCUT2D eigenvalue weighted by Crippen LogP contribution is -2.44. The van der Waals surface area contributed by atoms with E-state index in [9.17, 15) is 0 Å². The van der Waals surface area contributed by atoms with Crippen LogP contribution in [0, 0.1) is 0 Å². The van der Waals surface area contributed by atoms with Crippen LogP contribution in [0.1, 0.15) is 11.3 Å². The zero-order chi connectivity index (χ0) is 18.2. The smallest absolute Gasteiger partial charge is 0.191 e. The summed E-state index contributed by atoms with van der Waals surface area (Å²) in [5, 5.41) is 6.63. The van der Waals surface area contributed by atoms with E-state index in [1.54, 1.807) is 13.2 Å². The van der Waals surface area contributed by atoms with Gasteiger partial charge in [-0.15, -0.1) is 24.0 Å². The predicted molar refractivity (Wildman–Crippen MR) is 121 cm³/mol. The molecule has 0 radical (unpaired) electrons. The molecule has 2 N–H and O–H groups in total. The lowest BCUT2D eigenvalue weighted by Gasteiger charge is -2.33. The van der Waals surface area contributed by atoms with Gasteiger partial charge in [-0.3, -0.25) is 9.98 Å². The number of halogens is 1. The van der Waals surface area contributed by atoms with Crippen molar-refractivity contribution in [3.8, 4) is 0 Å². The maximum absolute atomic E-state index is 4.54. The number of aliphatic imine (C=N–C) groups is 1. The summed E-state index contributed by atoms with van der Waals surface area (Å²) in [5.41, 5.74) is 2.17. The summed E-state index contributed by atoms with van der Waals surface area (Å²) in [6, 6.07) is 10.1. The number of hydrogen-bond donors (Lipinski definition) is 2. The van der Waals surface area contributed by atoms with Crippen LogP contribution in [0.2, 0.25) is 0 Å². The van der Waals surface area contributed by atoms with Crippen LogP contribution >= 0.6 is 24.0 Å². The van der Waals surface area contributed by atoms with E-state index in [1.807, 2.05) is 30.5 Å². The second-order valence-corrected chi connectivity index (χ2v) is 6.41. The maximum atomic E-state index is 4.54. The number of likely N-dealkylation sites (N-methyl/N-ethyl adjacent to an activating group) is 1. The molecule has 0 bridgehead atoms. The first-order valence-electron chi connectivity index (χ1n) is 8.97. The quantitative estimate of drug-likeness (QED) is 0.385. The second-order valence-electron chi connectivity index (χ2n) is 6.41. The van der Waals surface area contributed by atoms with Crippen LogP contribution < -0.4 is 15.5 Å². The Morgan fingerprint density at radius 1 is 1.04 bits per heavy atom. The molecule has 0 amide bonds. The van der Waals surface area contributed by atoms with Crippen molar-refractivity contribution in [1.82, 2.24) is 25.5 Å². The highest BCUT2D eigenvalue weighted by Crippen LogP contribution is 2.14. The van der Waals surface area contributed by atoms with Gasteiger partial charge in [0.1, 0.15) is 5.82 Å². The molecule has 3 rings (SSSR count). The largest absolute Gasteiger partial charge is 0.354 e. The van der Waals surface area contributed by atoms with E-state index in [1.165, 1.54) is 5.56 Å². The highest BCUT2D eigenvalue weighted by molar-refractivity contribution is 14.0. The molecule has 0 spiro atoms. The minimum absolute atomic E-state index is 0. The van der Waals surface area contributed by atoms with Crippen LogP contribution in [-0.4, -0.2) is 61.1 Å². The van der Waals surface area contributed by atoms with Crippen LogP contribution in [0.5, 0.6) is 0 Å². The molecule has 0 saturated carbocycles. The number of nitrogens with one attached hydrogen (secondary N) is 2. The molecule has 0 unspecified atom stereocenters. The molecular weight excluding hydrogens is 453 g/mol. The Bertz CT molecular complexity index is 715. The van der Waals surface area contributed by atoms with E-state index in [0.717, 1.165) is 43.7 Å². The average molecular weight is 481 g/mol. The molecule has 1 saturated heterocycles. The summed E-state index contributed by atoms with van der Waals surface area (Å²) in [4.78, 5) is 17.8. The zero-order valence-corrected chi connectivity index (χ0v) is 18.3.